The molecule has 0 saturated heterocycles. The summed E-state index contributed by atoms with van der Waals surface area (Å²) in [6.07, 6.45) is 0.997. The molecular weight excluding hydrogens is 296 g/mol. The molecule has 0 amide bonds. The maximum absolute atomic E-state index is 4.79. The molecular formula is C17H24N2S2. The largest absolute Gasteiger partial charge is 0.316 e. The van der Waals surface area contributed by atoms with E-state index in [1.807, 2.05) is 18.8 Å². The van der Waals surface area contributed by atoms with Crippen molar-refractivity contribution in [3.8, 4) is 0 Å². The second-order valence-corrected chi connectivity index (χ2v) is 8.23. The lowest BCUT2D eigenvalue weighted by Gasteiger charge is -2.16. The van der Waals surface area contributed by atoms with Gasteiger partial charge in [-0.1, -0.05) is 39.0 Å². The Balaban J connectivity index is 1.91. The number of hydrogen-bond acceptors (Lipinski definition) is 4. The number of rotatable bonds is 6. The number of nitrogens with zero attached hydrogens (tertiary/aromatic N) is 1. The Morgan fingerprint density at radius 1 is 1.24 bits per heavy atom. The first-order valence-electron chi connectivity index (χ1n) is 7.29. The predicted molar refractivity (Wildman–Crippen MR) is 94.5 cm³/mol. The minimum absolute atomic E-state index is 0.142. The SMILES string of the molecule is CNC(CSc1ccccc1)Cc1nc(C(C)(C)C)cs1. The Bertz CT molecular complexity index is 543. The number of thioether (sulfide) groups is 1. The predicted octanol–water partition coefficient (Wildman–Crippen LogP) is 4.36. The van der Waals surface area contributed by atoms with E-state index in [1.165, 1.54) is 15.6 Å². The van der Waals surface area contributed by atoms with E-state index >= 15 is 0 Å². The van der Waals surface area contributed by atoms with Gasteiger partial charge in [-0.25, -0.2) is 4.98 Å². The quantitative estimate of drug-likeness (QED) is 0.800. The van der Waals surface area contributed by atoms with E-state index in [2.05, 4.69) is 61.8 Å². The van der Waals surface area contributed by atoms with Crippen molar-refractivity contribution in [2.24, 2.45) is 0 Å². The molecule has 1 unspecified atom stereocenters. The van der Waals surface area contributed by atoms with E-state index in [-0.39, 0.29) is 5.41 Å². The Hall–Kier alpha value is -0.840. The summed E-state index contributed by atoms with van der Waals surface area (Å²) in [5.41, 5.74) is 1.34. The maximum atomic E-state index is 4.79. The van der Waals surface area contributed by atoms with Crippen LogP contribution in [0.3, 0.4) is 0 Å². The number of aromatic nitrogens is 1. The summed E-state index contributed by atoms with van der Waals surface area (Å²) in [7, 11) is 2.04. The summed E-state index contributed by atoms with van der Waals surface area (Å²) in [4.78, 5) is 6.12. The Morgan fingerprint density at radius 3 is 2.52 bits per heavy atom. The van der Waals surface area contributed by atoms with E-state index < -0.39 is 0 Å². The molecule has 0 bridgehead atoms. The van der Waals surface area contributed by atoms with Gasteiger partial charge in [0.15, 0.2) is 0 Å². The van der Waals surface area contributed by atoms with Crippen molar-refractivity contribution in [2.75, 3.05) is 12.8 Å². The Kier molecular flexibility index (Phi) is 5.85. The van der Waals surface area contributed by atoms with Gasteiger partial charge < -0.3 is 5.32 Å². The summed E-state index contributed by atoms with van der Waals surface area (Å²) >= 11 is 3.68. The lowest BCUT2D eigenvalue weighted by molar-refractivity contribution is 0.565. The Labute approximate surface area is 136 Å². The third kappa shape index (κ3) is 5.13. The maximum Gasteiger partial charge on any atom is 0.0944 e. The van der Waals surface area contributed by atoms with Gasteiger partial charge in [0.1, 0.15) is 0 Å². The number of hydrogen-bond donors (Lipinski definition) is 1. The van der Waals surface area contributed by atoms with Crippen LogP contribution in [0.25, 0.3) is 0 Å². The normalized spacial score (nSPS) is 13.3. The molecule has 1 atom stereocenters. The van der Waals surface area contributed by atoms with Gasteiger partial charge in [-0.15, -0.1) is 23.1 Å². The highest BCUT2D eigenvalue weighted by Crippen LogP contribution is 2.25. The van der Waals surface area contributed by atoms with Crippen molar-refractivity contribution in [3.05, 3.63) is 46.4 Å². The molecule has 1 aromatic heterocycles. The van der Waals surface area contributed by atoms with Crippen molar-refractivity contribution >= 4 is 23.1 Å². The first-order valence-corrected chi connectivity index (χ1v) is 9.15. The minimum Gasteiger partial charge on any atom is -0.316 e. The summed E-state index contributed by atoms with van der Waals surface area (Å²) in [5, 5.41) is 6.84. The molecule has 0 radical (unpaired) electrons. The highest BCUT2D eigenvalue weighted by Gasteiger charge is 2.18. The van der Waals surface area contributed by atoms with Crippen LogP contribution >= 0.6 is 23.1 Å². The van der Waals surface area contributed by atoms with Crippen molar-refractivity contribution in [1.29, 1.82) is 0 Å². The minimum atomic E-state index is 0.142. The highest BCUT2D eigenvalue weighted by molar-refractivity contribution is 7.99. The molecule has 1 aromatic carbocycles. The van der Waals surface area contributed by atoms with Gasteiger partial charge >= 0.3 is 0 Å². The standard InChI is InChI=1S/C17H24N2S2/c1-17(2,3)15-12-21-16(19-15)10-13(18-4)11-20-14-8-6-5-7-9-14/h5-9,12-13,18H,10-11H2,1-4H3. The zero-order valence-electron chi connectivity index (χ0n) is 13.2. The molecule has 1 heterocycles. The first-order chi connectivity index (χ1) is 9.99. The molecule has 2 rings (SSSR count). The lowest BCUT2D eigenvalue weighted by atomic mass is 9.93. The van der Waals surface area contributed by atoms with Gasteiger partial charge in [-0.3, -0.25) is 0 Å². The summed E-state index contributed by atoms with van der Waals surface area (Å²) in [6.45, 7) is 6.64. The van der Waals surface area contributed by atoms with Gasteiger partial charge in [0.2, 0.25) is 0 Å². The number of thiazole rings is 1. The van der Waals surface area contributed by atoms with Crippen LogP contribution in [-0.2, 0) is 11.8 Å². The third-order valence-corrected chi connectivity index (χ3v) is 5.39. The molecule has 1 N–H and O–H groups in total. The molecule has 0 fully saturated rings. The fourth-order valence-electron chi connectivity index (χ4n) is 1.92. The molecule has 2 nitrogen and oxygen atoms in total. The van der Waals surface area contributed by atoms with E-state index in [4.69, 9.17) is 4.98 Å². The molecule has 114 valence electrons. The number of benzene rings is 1. The van der Waals surface area contributed by atoms with Crippen LogP contribution in [-0.4, -0.2) is 23.8 Å². The van der Waals surface area contributed by atoms with Crippen LogP contribution in [0.1, 0.15) is 31.5 Å². The smallest absolute Gasteiger partial charge is 0.0944 e. The number of likely N-dealkylation sites (N-methyl/N-ethyl adjacent to an activating group) is 1. The van der Waals surface area contributed by atoms with Crippen LogP contribution < -0.4 is 5.32 Å². The van der Waals surface area contributed by atoms with E-state index in [0.717, 1.165) is 12.2 Å². The molecule has 0 aliphatic rings. The topological polar surface area (TPSA) is 24.9 Å². The first kappa shape index (κ1) is 16.5. The van der Waals surface area contributed by atoms with Crippen LogP contribution in [0.2, 0.25) is 0 Å². The second kappa shape index (κ2) is 7.43. The average molecular weight is 321 g/mol. The highest BCUT2D eigenvalue weighted by atomic mass is 32.2. The molecule has 21 heavy (non-hydrogen) atoms. The van der Waals surface area contributed by atoms with Gasteiger partial charge in [0, 0.05) is 33.9 Å². The Morgan fingerprint density at radius 2 is 1.95 bits per heavy atom. The third-order valence-electron chi connectivity index (χ3n) is 3.34. The summed E-state index contributed by atoms with van der Waals surface area (Å²) in [6, 6.07) is 11.0. The molecule has 0 saturated carbocycles. The summed E-state index contributed by atoms with van der Waals surface area (Å²) in [5.74, 6) is 1.06. The van der Waals surface area contributed by atoms with E-state index in [1.54, 1.807) is 11.3 Å². The van der Waals surface area contributed by atoms with E-state index in [0.29, 0.717) is 6.04 Å². The van der Waals surface area contributed by atoms with Crippen LogP contribution in [0.5, 0.6) is 0 Å². The average Bonchev–Trinajstić information content (AvgIpc) is 2.93. The lowest BCUT2D eigenvalue weighted by Crippen LogP contribution is -2.30. The van der Waals surface area contributed by atoms with Gasteiger partial charge in [0.25, 0.3) is 0 Å². The second-order valence-electron chi connectivity index (χ2n) is 6.19. The molecule has 0 aliphatic heterocycles. The molecule has 4 heteroatoms. The molecule has 2 aromatic rings. The van der Waals surface area contributed by atoms with E-state index in [9.17, 15) is 0 Å². The number of nitrogens with one attached hydrogen (secondary N) is 1. The van der Waals surface area contributed by atoms with Crippen molar-refractivity contribution in [1.82, 2.24) is 10.3 Å². The van der Waals surface area contributed by atoms with Crippen LogP contribution in [0.4, 0.5) is 0 Å². The van der Waals surface area contributed by atoms with Crippen molar-refractivity contribution in [2.45, 2.75) is 43.5 Å². The van der Waals surface area contributed by atoms with Crippen molar-refractivity contribution < 1.29 is 0 Å². The van der Waals surface area contributed by atoms with Crippen LogP contribution in [0.15, 0.2) is 40.6 Å². The fourth-order valence-corrected chi connectivity index (χ4v) is 4.05. The zero-order valence-corrected chi connectivity index (χ0v) is 14.9. The molecule has 0 spiro atoms. The zero-order chi connectivity index (χ0) is 15.3. The fraction of sp³-hybridized carbons (Fsp3) is 0.471. The van der Waals surface area contributed by atoms with Crippen molar-refractivity contribution in [3.63, 3.8) is 0 Å². The van der Waals surface area contributed by atoms with Gasteiger partial charge in [-0.2, -0.15) is 0 Å². The molecule has 0 aliphatic carbocycles. The van der Waals surface area contributed by atoms with Crippen LogP contribution in [0, 0.1) is 0 Å². The van der Waals surface area contributed by atoms with Gasteiger partial charge in [0.05, 0.1) is 10.7 Å². The van der Waals surface area contributed by atoms with Gasteiger partial charge in [-0.05, 0) is 19.2 Å². The monoisotopic (exact) mass is 320 g/mol. The summed E-state index contributed by atoms with van der Waals surface area (Å²) < 4.78 is 0.